The smallest absolute Gasteiger partial charge is 0.262 e. The van der Waals surface area contributed by atoms with Gasteiger partial charge in [0.15, 0.2) is 5.65 Å². The number of fused-ring (bicyclic) bond motifs is 1. The molecule has 0 atom stereocenters. The summed E-state index contributed by atoms with van der Waals surface area (Å²) in [5.74, 6) is 2.03. The minimum atomic E-state index is -0.159. The minimum Gasteiger partial charge on any atom is -0.480 e. The summed E-state index contributed by atoms with van der Waals surface area (Å²) < 4.78 is 12.7. The number of aromatic amines is 1. The van der Waals surface area contributed by atoms with Crippen molar-refractivity contribution in [2.75, 3.05) is 38.3 Å². The van der Waals surface area contributed by atoms with E-state index in [1.165, 1.54) is 19.3 Å². The molecule has 1 N–H and O–H groups in total. The number of nitrogens with zero attached hydrogens (tertiary/aromatic N) is 5. The number of ether oxygens (including phenoxy) is 2. The predicted molar refractivity (Wildman–Crippen MR) is 118 cm³/mol. The number of nitrogens with one attached hydrogen (secondary N) is 1. The minimum absolute atomic E-state index is 0.159. The number of morpholine rings is 1. The monoisotopic (exact) mass is 424 g/mol. The average Bonchev–Trinajstić information content (AvgIpc) is 3.16. The van der Waals surface area contributed by atoms with E-state index in [0.29, 0.717) is 47.4 Å². The van der Waals surface area contributed by atoms with Crippen LogP contribution in [0.3, 0.4) is 0 Å². The van der Waals surface area contributed by atoms with Crippen molar-refractivity contribution in [2.45, 2.75) is 38.0 Å². The summed E-state index contributed by atoms with van der Waals surface area (Å²) in [5.41, 5.74) is 1.97. The average molecular weight is 425 g/mol. The number of anilines is 1. The first-order chi connectivity index (χ1) is 15.2. The lowest BCUT2D eigenvalue weighted by molar-refractivity contribution is 0.122. The lowest BCUT2D eigenvalue weighted by Crippen LogP contribution is -2.36. The second-order valence-electron chi connectivity index (χ2n) is 8.28. The Morgan fingerprint density at radius 3 is 2.65 bits per heavy atom. The van der Waals surface area contributed by atoms with Gasteiger partial charge in [-0.2, -0.15) is 10.1 Å². The molecule has 3 aromatic heterocycles. The highest BCUT2D eigenvalue weighted by molar-refractivity contribution is 5.80. The third kappa shape index (κ3) is 3.67. The second-order valence-corrected chi connectivity index (χ2v) is 8.28. The zero-order valence-corrected chi connectivity index (χ0v) is 18.1. The van der Waals surface area contributed by atoms with Gasteiger partial charge in [0.2, 0.25) is 5.88 Å². The van der Waals surface area contributed by atoms with Gasteiger partial charge in [-0.05, 0) is 25.0 Å². The summed E-state index contributed by atoms with van der Waals surface area (Å²) in [6.07, 6.45) is 5.78. The molecule has 1 saturated carbocycles. The molecule has 4 heterocycles. The highest BCUT2D eigenvalue weighted by Crippen LogP contribution is 2.35. The first kappa shape index (κ1) is 20.0. The molecule has 5 rings (SSSR count). The van der Waals surface area contributed by atoms with Crippen molar-refractivity contribution < 1.29 is 9.47 Å². The maximum absolute atomic E-state index is 13.1. The molecular formula is C22H28N6O3. The van der Waals surface area contributed by atoms with Crippen molar-refractivity contribution in [1.29, 1.82) is 0 Å². The SMILES string of the molecule is COc1nc(N2CCOCC2)ccc1-c1nc2c(c(C3CCCCC3)nn2C)c(=O)[nH]1. The van der Waals surface area contributed by atoms with Gasteiger partial charge in [0.25, 0.3) is 5.56 Å². The van der Waals surface area contributed by atoms with Crippen molar-refractivity contribution in [3.8, 4) is 17.3 Å². The molecule has 0 bridgehead atoms. The van der Waals surface area contributed by atoms with Crippen LogP contribution in [0.4, 0.5) is 5.82 Å². The van der Waals surface area contributed by atoms with Crippen LogP contribution in [0.15, 0.2) is 16.9 Å². The van der Waals surface area contributed by atoms with E-state index in [1.807, 2.05) is 19.2 Å². The third-order valence-corrected chi connectivity index (χ3v) is 6.34. The molecule has 1 saturated heterocycles. The molecule has 3 aromatic rings. The van der Waals surface area contributed by atoms with Gasteiger partial charge in [-0.3, -0.25) is 4.79 Å². The first-order valence-corrected chi connectivity index (χ1v) is 11.0. The van der Waals surface area contributed by atoms with E-state index in [9.17, 15) is 4.79 Å². The molecule has 2 aliphatic rings. The van der Waals surface area contributed by atoms with Gasteiger partial charge in [-0.1, -0.05) is 19.3 Å². The summed E-state index contributed by atoms with van der Waals surface area (Å²) in [6, 6.07) is 3.84. The van der Waals surface area contributed by atoms with Crippen LogP contribution in [-0.4, -0.2) is 58.1 Å². The Labute approximate surface area is 180 Å². The third-order valence-electron chi connectivity index (χ3n) is 6.34. The summed E-state index contributed by atoms with van der Waals surface area (Å²) in [4.78, 5) is 27.7. The van der Waals surface area contributed by atoms with Crippen LogP contribution in [0.1, 0.15) is 43.7 Å². The maximum atomic E-state index is 13.1. The summed E-state index contributed by atoms with van der Waals surface area (Å²) in [7, 11) is 3.43. The van der Waals surface area contributed by atoms with Gasteiger partial charge in [0, 0.05) is 26.1 Å². The normalized spacial score (nSPS) is 17.9. The summed E-state index contributed by atoms with van der Waals surface area (Å²) in [6.45, 7) is 2.94. The molecule has 0 unspecified atom stereocenters. The first-order valence-electron chi connectivity index (χ1n) is 11.0. The van der Waals surface area contributed by atoms with Crippen LogP contribution in [0.25, 0.3) is 22.4 Å². The number of pyridine rings is 1. The van der Waals surface area contributed by atoms with Gasteiger partial charge < -0.3 is 19.4 Å². The van der Waals surface area contributed by atoms with Gasteiger partial charge in [-0.25, -0.2) is 9.67 Å². The van der Waals surface area contributed by atoms with Crippen LogP contribution in [-0.2, 0) is 11.8 Å². The molecular weight excluding hydrogens is 396 g/mol. The molecule has 164 valence electrons. The second kappa shape index (κ2) is 8.30. The van der Waals surface area contributed by atoms with Crippen molar-refractivity contribution >= 4 is 16.9 Å². The molecule has 1 aliphatic heterocycles. The van der Waals surface area contributed by atoms with Crippen LogP contribution < -0.4 is 15.2 Å². The van der Waals surface area contributed by atoms with Crippen LogP contribution in [0.5, 0.6) is 5.88 Å². The zero-order valence-electron chi connectivity index (χ0n) is 18.1. The van der Waals surface area contributed by atoms with E-state index in [2.05, 4.69) is 14.9 Å². The fourth-order valence-electron chi connectivity index (χ4n) is 4.71. The molecule has 31 heavy (non-hydrogen) atoms. The van der Waals surface area contributed by atoms with Crippen LogP contribution in [0, 0.1) is 0 Å². The van der Waals surface area contributed by atoms with E-state index < -0.39 is 0 Å². The quantitative estimate of drug-likeness (QED) is 0.687. The molecule has 9 nitrogen and oxygen atoms in total. The fourth-order valence-corrected chi connectivity index (χ4v) is 4.71. The molecule has 1 aliphatic carbocycles. The standard InChI is InChI=1S/C22H28N6O3/c1-27-20-17(18(26-27)14-6-4-3-5-7-14)21(29)25-19(24-20)15-8-9-16(23-22(15)30-2)28-10-12-31-13-11-28/h8-9,14H,3-7,10-13H2,1-2H3,(H,24,25,29). The number of aryl methyl sites for hydroxylation is 1. The lowest BCUT2D eigenvalue weighted by atomic mass is 9.86. The van der Waals surface area contributed by atoms with Crippen LogP contribution >= 0.6 is 0 Å². The highest BCUT2D eigenvalue weighted by atomic mass is 16.5. The Bertz CT molecular complexity index is 1140. The zero-order chi connectivity index (χ0) is 21.4. The maximum Gasteiger partial charge on any atom is 0.262 e. The number of hydrogen-bond acceptors (Lipinski definition) is 7. The number of H-pyrrole nitrogens is 1. The van der Waals surface area contributed by atoms with Crippen LogP contribution in [0.2, 0.25) is 0 Å². The Morgan fingerprint density at radius 2 is 1.90 bits per heavy atom. The molecule has 0 spiro atoms. The predicted octanol–water partition coefficient (Wildman–Crippen LogP) is 2.61. The Balaban J connectivity index is 1.56. The van der Waals surface area contributed by atoms with Crippen molar-refractivity contribution in [1.82, 2.24) is 24.7 Å². The van der Waals surface area contributed by atoms with Gasteiger partial charge in [0.1, 0.15) is 17.0 Å². The number of aromatic nitrogens is 5. The highest BCUT2D eigenvalue weighted by Gasteiger charge is 2.25. The largest absolute Gasteiger partial charge is 0.480 e. The van der Waals surface area contributed by atoms with E-state index in [0.717, 1.165) is 37.4 Å². The molecule has 0 aromatic carbocycles. The van der Waals surface area contributed by atoms with E-state index in [4.69, 9.17) is 19.6 Å². The Morgan fingerprint density at radius 1 is 1.13 bits per heavy atom. The Kier molecular flexibility index (Phi) is 5.35. The van der Waals surface area contributed by atoms with Gasteiger partial charge in [-0.15, -0.1) is 0 Å². The molecule has 0 amide bonds. The number of methoxy groups -OCH3 is 1. The van der Waals surface area contributed by atoms with Gasteiger partial charge in [0.05, 0.1) is 31.6 Å². The molecule has 0 radical (unpaired) electrons. The lowest BCUT2D eigenvalue weighted by Gasteiger charge is -2.28. The summed E-state index contributed by atoms with van der Waals surface area (Å²) in [5, 5.41) is 5.30. The van der Waals surface area contributed by atoms with Crippen molar-refractivity contribution in [3.05, 3.63) is 28.2 Å². The molecule has 2 fully saturated rings. The number of rotatable bonds is 4. The van der Waals surface area contributed by atoms with E-state index in [1.54, 1.807) is 11.8 Å². The summed E-state index contributed by atoms with van der Waals surface area (Å²) >= 11 is 0. The number of hydrogen-bond donors (Lipinski definition) is 1. The fraction of sp³-hybridized carbons (Fsp3) is 0.545. The Hall–Kier alpha value is -2.94. The van der Waals surface area contributed by atoms with E-state index >= 15 is 0 Å². The molecule has 9 heteroatoms. The van der Waals surface area contributed by atoms with Gasteiger partial charge >= 0.3 is 0 Å². The van der Waals surface area contributed by atoms with Crippen molar-refractivity contribution in [3.63, 3.8) is 0 Å². The van der Waals surface area contributed by atoms with E-state index in [-0.39, 0.29) is 5.56 Å². The topological polar surface area (TPSA) is 98.2 Å². The van der Waals surface area contributed by atoms with Crippen molar-refractivity contribution in [2.24, 2.45) is 7.05 Å².